The number of nitrogens with two attached hydrogens (primary N) is 1. The highest BCUT2D eigenvalue weighted by Gasteiger charge is 2.36. The van der Waals surface area contributed by atoms with Crippen LogP contribution in [0, 0.1) is 0 Å². The maximum absolute atomic E-state index is 5.73. The van der Waals surface area contributed by atoms with Gasteiger partial charge in [-0.3, -0.25) is 0 Å². The minimum Gasteiger partial charge on any atom is -0.389 e. The van der Waals surface area contributed by atoms with Gasteiger partial charge in [0.05, 0.1) is 0 Å². The summed E-state index contributed by atoms with van der Waals surface area (Å²) in [7, 11) is 0. The molecule has 2 rings (SSSR count). The fraction of sp³-hybridized carbons (Fsp3) is 0.533. The van der Waals surface area contributed by atoms with Crippen molar-refractivity contribution in [2.75, 3.05) is 0 Å². The smallest absolute Gasteiger partial charge is 0.103 e. The molecule has 92 valence electrons. The average Bonchev–Trinajstić information content (AvgIpc) is 2.24. The molecule has 0 saturated carbocycles. The maximum Gasteiger partial charge on any atom is 0.103 e. The molecule has 0 spiro atoms. The van der Waals surface area contributed by atoms with E-state index in [2.05, 4.69) is 45.9 Å². The molecule has 17 heavy (non-hydrogen) atoms. The van der Waals surface area contributed by atoms with E-state index in [1.807, 2.05) is 0 Å². The molecular weight excluding hydrogens is 226 g/mol. The monoisotopic (exact) mass is 247 g/mol. The standard InChI is InChI=1S/C15H21NS/c1-14(2)7-8-15(3,4)12-9-10(13(16)17)5-6-11(12)14/h5-6,9H,7-8H2,1-4H3,(H2,16,17). The Hall–Kier alpha value is -0.890. The fourth-order valence-corrected chi connectivity index (χ4v) is 2.87. The van der Waals surface area contributed by atoms with Crippen LogP contribution in [0.3, 0.4) is 0 Å². The lowest BCUT2D eigenvalue weighted by Gasteiger charge is -2.42. The molecule has 2 N–H and O–H groups in total. The van der Waals surface area contributed by atoms with Gasteiger partial charge in [0.25, 0.3) is 0 Å². The first-order valence-electron chi connectivity index (χ1n) is 6.19. The lowest BCUT2D eigenvalue weighted by Crippen LogP contribution is -2.34. The van der Waals surface area contributed by atoms with Gasteiger partial charge in [-0.25, -0.2) is 0 Å². The largest absolute Gasteiger partial charge is 0.389 e. The summed E-state index contributed by atoms with van der Waals surface area (Å²) in [6.45, 7) is 9.26. The van der Waals surface area contributed by atoms with E-state index in [0.717, 1.165) is 5.56 Å². The van der Waals surface area contributed by atoms with Crippen LogP contribution < -0.4 is 5.73 Å². The zero-order valence-corrected chi connectivity index (χ0v) is 11.9. The Morgan fingerprint density at radius 2 is 1.59 bits per heavy atom. The molecule has 0 heterocycles. The third-order valence-electron chi connectivity index (χ3n) is 4.14. The number of hydrogen-bond donors (Lipinski definition) is 1. The molecule has 0 amide bonds. The first-order chi connectivity index (χ1) is 7.74. The summed E-state index contributed by atoms with van der Waals surface area (Å²) in [6, 6.07) is 6.47. The van der Waals surface area contributed by atoms with Crippen LogP contribution in [0.15, 0.2) is 18.2 Å². The Bertz CT molecular complexity index is 472. The van der Waals surface area contributed by atoms with Crippen LogP contribution in [0.1, 0.15) is 57.2 Å². The van der Waals surface area contributed by atoms with E-state index in [1.54, 1.807) is 0 Å². The lowest BCUT2D eigenvalue weighted by atomic mass is 9.63. The van der Waals surface area contributed by atoms with Crippen molar-refractivity contribution in [2.24, 2.45) is 5.73 Å². The van der Waals surface area contributed by atoms with E-state index < -0.39 is 0 Å². The fourth-order valence-electron chi connectivity index (χ4n) is 2.74. The summed E-state index contributed by atoms with van der Waals surface area (Å²) in [6.07, 6.45) is 2.45. The van der Waals surface area contributed by atoms with Gasteiger partial charge in [-0.15, -0.1) is 0 Å². The van der Waals surface area contributed by atoms with Crippen LogP contribution in [0.4, 0.5) is 0 Å². The third-order valence-corrected chi connectivity index (χ3v) is 4.37. The Morgan fingerprint density at radius 3 is 2.12 bits per heavy atom. The highest BCUT2D eigenvalue weighted by molar-refractivity contribution is 7.80. The molecule has 0 radical (unpaired) electrons. The SMILES string of the molecule is CC1(C)CCC(C)(C)c2cc(C(N)=S)ccc21. The average molecular weight is 247 g/mol. The highest BCUT2D eigenvalue weighted by Crippen LogP contribution is 2.45. The minimum atomic E-state index is 0.228. The van der Waals surface area contributed by atoms with Crippen molar-refractivity contribution in [1.82, 2.24) is 0 Å². The summed E-state index contributed by atoms with van der Waals surface area (Å²) in [5.41, 5.74) is 10.1. The molecular formula is C15H21NS. The van der Waals surface area contributed by atoms with Crippen LogP contribution in [-0.2, 0) is 10.8 Å². The van der Waals surface area contributed by atoms with Gasteiger partial charge < -0.3 is 5.73 Å². The predicted octanol–water partition coefficient (Wildman–Crippen LogP) is 3.67. The third kappa shape index (κ3) is 2.11. The molecule has 0 unspecified atom stereocenters. The minimum absolute atomic E-state index is 0.228. The van der Waals surface area contributed by atoms with Gasteiger partial charge in [-0.05, 0) is 40.9 Å². The lowest BCUT2D eigenvalue weighted by molar-refractivity contribution is 0.332. The van der Waals surface area contributed by atoms with Gasteiger partial charge >= 0.3 is 0 Å². The van der Waals surface area contributed by atoms with E-state index in [9.17, 15) is 0 Å². The summed E-state index contributed by atoms with van der Waals surface area (Å²) in [5, 5.41) is 0. The van der Waals surface area contributed by atoms with Gasteiger partial charge in [0.15, 0.2) is 0 Å². The van der Waals surface area contributed by atoms with Crippen LogP contribution in [0.25, 0.3) is 0 Å². The van der Waals surface area contributed by atoms with Crippen molar-refractivity contribution in [2.45, 2.75) is 51.4 Å². The Morgan fingerprint density at radius 1 is 1.06 bits per heavy atom. The molecule has 1 nitrogen and oxygen atoms in total. The van der Waals surface area contributed by atoms with Crippen molar-refractivity contribution in [3.8, 4) is 0 Å². The van der Waals surface area contributed by atoms with Crippen LogP contribution >= 0.6 is 12.2 Å². The van der Waals surface area contributed by atoms with E-state index in [4.69, 9.17) is 18.0 Å². The van der Waals surface area contributed by atoms with E-state index in [-0.39, 0.29) is 10.8 Å². The first-order valence-corrected chi connectivity index (χ1v) is 6.60. The number of fused-ring (bicyclic) bond motifs is 1. The van der Waals surface area contributed by atoms with Crippen molar-refractivity contribution in [1.29, 1.82) is 0 Å². The molecule has 1 aromatic rings. The second kappa shape index (κ2) is 3.81. The Labute approximate surface area is 109 Å². The topological polar surface area (TPSA) is 26.0 Å². The van der Waals surface area contributed by atoms with E-state index >= 15 is 0 Å². The van der Waals surface area contributed by atoms with Crippen molar-refractivity contribution in [3.05, 3.63) is 34.9 Å². The number of hydrogen-bond acceptors (Lipinski definition) is 1. The highest BCUT2D eigenvalue weighted by atomic mass is 32.1. The van der Waals surface area contributed by atoms with Crippen LogP contribution in [0.2, 0.25) is 0 Å². The maximum atomic E-state index is 5.73. The molecule has 0 aromatic heterocycles. The molecule has 0 fully saturated rings. The van der Waals surface area contributed by atoms with E-state index in [0.29, 0.717) is 4.99 Å². The summed E-state index contributed by atoms with van der Waals surface area (Å²) < 4.78 is 0. The summed E-state index contributed by atoms with van der Waals surface area (Å²) >= 11 is 5.08. The molecule has 2 heteroatoms. The van der Waals surface area contributed by atoms with Crippen LogP contribution in [0.5, 0.6) is 0 Å². The summed E-state index contributed by atoms with van der Waals surface area (Å²) in [5.74, 6) is 0. The van der Waals surface area contributed by atoms with E-state index in [1.165, 1.54) is 24.0 Å². The van der Waals surface area contributed by atoms with Gasteiger partial charge in [0, 0.05) is 5.56 Å². The van der Waals surface area contributed by atoms with Crippen molar-refractivity contribution < 1.29 is 0 Å². The summed E-state index contributed by atoms with van der Waals surface area (Å²) in [4.78, 5) is 0.493. The molecule has 0 bridgehead atoms. The molecule has 0 aliphatic heterocycles. The molecule has 1 aromatic carbocycles. The van der Waals surface area contributed by atoms with Gasteiger partial charge in [0.1, 0.15) is 4.99 Å². The molecule has 0 saturated heterocycles. The number of thiocarbonyl (C=S) groups is 1. The van der Waals surface area contributed by atoms with Gasteiger partial charge in [-0.2, -0.15) is 0 Å². The predicted molar refractivity (Wildman–Crippen MR) is 77.6 cm³/mol. The molecule has 0 atom stereocenters. The van der Waals surface area contributed by atoms with Gasteiger partial charge in [-0.1, -0.05) is 52.0 Å². The van der Waals surface area contributed by atoms with Crippen molar-refractivity contribution in [3.63, 3.8) is 0 Å². The Kier molecular flexibility index (Phi) is 2.81. The van der Waals surface area contributed by atoms with Gasteiger partial charge in [0.2, 0.25) is 0 Å². The second-order valence-electron chi connectivity index (χ2n) is 6.39. The quantitative estimate of drug-likeness (QED) is 0.766. The zero-order chi connectivity index (χ0) is 12.8. The zero-order valence-electron chi connectivity index (χ0n) is 11.1. The first kappa shape index (κ1) is 12.6. The molecule has 1 aliphatic rings. The normalized spacial score (nSPS) is 20.7. The number of rotatable bonds is 1. The second-order valence-corrected chi connectivity index (χ2v) is 6.83. The van der Waals surface area contributed by atoms with Crippen LogP contribution in [-0.4, -0.2) is 4.99 Å². The number of benzene rings is 1. The molecule has 1 aliphatic carbocycles. The van der Waals surface area contributed by atoms with Crippen molar-refractivity contribution >= 4 is 17.2 Å². The Balaban J connectivity index is 2.64.